The molecular formula is C26H31ClF3N3OS. The fraction of sp³-hybridized carbons (Fsp3) is 0.538. The van der Waals surface area contributed by atoms with Crippen LogP contribution in [0.3, 0.4) is 0 Å². The second-order valence-corrected chi connectivity index (χ2v) is 11.4. The first-order valence-electron chi connectivity index (χ1n) is 12.0. The number of nitrogens with one attached hydrogen (secondary N) is 1. The first kappa shape index (κ1) is 26.1. The summed E-state index contributed by atoms with van der Waals surface area (Å²) in [6.07, 6.45) is -0.341. The van der Waals surface area contributed by atoms with Crippen molar-refractivity contribution in [3.8, 4) is 0 Å². The fourth-order valence-electron chi connectivity index (χ4n) is 5.26. The minimum absolute atomic E-state index is 0.112. The van der Waals surface area contributed by atoms with Crippen LogP contribution in [0.5, 0.6) is 0 Å². The van der Waals surface area contributed by atoms with Crippen molar-refractivity contribution in [2.45, 2.75) is 63.7 Å². The molecule has 0 saturated carbocycles. The number of carbonyl (C=O) groups excluding carboxylic acids is 1. The van der Waals surface area contributed by atoms with Crippen molar-refractivity contribution in [1.29, 1.82) is 0 Å². The predicted molar refractivity (Wildman–Crippen MR) is 136 cm³/mol. The lowest BCUT2D eigenvalue weighted by molar-refractivity contribution is -0.191. The molecule has 9 heteroatoms. The number of anilines is 1. The zero-order valence-electron chi connectivity index (χ0n) is 20.2. The van der Waals surface area contributed by atoms with Gasteiger partial charge in [0.1, 0.15) is 0 Å². The van der Waals surface area contributed by atoms with Crippen LogP contribution in [0.15, 0.2) is 30.5 Å². The van der Waals surface area contributed by atoms with Gasteiger partial charge in [-0.1, -0.05) is 31.5 Å². The summed E-state index contributed by atoms with van der Waals surface area (Å²) in [5.74, 6) is 1.09. The molecule has 1 aliphatic heterocycles. The van der Waals surface area contributed by atoms with Gasteiger partial charge in [-0.15, -0.1) is 0 Å². The number of carbonyl (C=O) groups is 1. The zero-order valence-corrected chi connectivity index (χ0v) is 21.7. The molecule has 1 aromatic heterocycles. The van der Waals surface area contributed by atoms with E-state index in [0.29, 0.717) is 24.4 Å². The minimum Gasteiger partial charge on any atom is -0.380 e. The number of nitrogens with zero attached hydrogens (tertiary/aromatic N) is 2. The molecule has 2 aromatic rings. The summed E-state index contributed by atoms with van der Waals surface area (Å²) in [7, 11) is 1.24. The van der Waals surface area contributed by atoms with Crippen LogP contribution < -0.4 is 5.32 Å². The number of alkyl halides is 3. The number of benzene rings is 1. The van der Waals surface area contributed by atoms with Crippen molar-refractivity contribution in [3.05, 3.63) is 57.9 Å². The van der Waals surface area contributed by atoms with Gasteiger partial charge in [-0.25, -0.2) is 0 Å². The van der Waals surface area contributed by atoms with E-state index in [1.54, 1.807) is 17.8 Å². The van der Waals surface area contributed by atoms with Gasteiger partial charge < -0.3 is 10.2 Å². The van der Waals surface area contributed by atoms with Crippen molar-refractivity contribution < 1.29 is 18.0 Å². The van der Waals surface area contributed by atoms with E-state index in [9.17, 15) is 18.0 Å². The van der Waals surface area contributed by atoms with E-state index in [4.69, 9.17) is 11.6 Å². The molecule has 4 nitrogen and oxygen atoms in total. The molecular weight excluding hydrogens is 495 g/mol. The van der Waals surface area contributed by atoms with Gasteiger partial charge in [0.05, 0.1) is 17.6 Å². The average molecular weight is 526 g/mol. The lowest BCUT2D eigenvalue weighted by atomic mass is 9.94. The topological polar surface area (TPSA) is 45.2 Å². The van der Waals surface area contributed by atoms with Gasteiger partial charge in [-0.3, -0.25) is 9.78 Å². The Morgan fingerprint density at radius 3 is 2.49 bits per heavy atom. The number of hydrogen-bond donors (Lipinski definition) is 1. The number of fused-ring (bicyclic) bond motifs is 1. The van der Waals surface area contributed by atoms with Gasteiger partial charge in [0.2, 0.25) is 5.91 Å². The molecule has 1 aliphatic carbocycles. The molecule has 35 heavy (non-hydrogen) atoms. The normalized spacial score (nSPS) is 19.5. The molecule has 1 amide bonds. The molecule has 0 bridgehead atoms. The Morgan fingerprint density at radius 2 is 1.89 bits per heavy atom. The molecule has 1 fully saturated rings. The molecule has 2 unspecified atom stereocenters. The van der Waals surface area contributed by atoms with Crippen LogP contribution in [0.2, 0.25) is 5.02 Å². The van der Waals surface area contributed by atoms with Crippen LogP contribution >= 0.6 is 23.4 Å². The summed E-state index contributed by atoms with van der Waals surface area (Å²) in [4.78, 5) is 17.8. The zero-order chi connectivity index (χ0) is 25.3. The lowest BCUT2D eigenvalue weighted by Crippen LogP contribution is -2.43. The van der Waals surface area contributed by atoms with Crippen molar-refractivity contribution in [3.63, 3.8) is 0 Å². The van der Waals surface area contributed by atoms with Crippen LogP contribution in [-0.2, 0) is 17.6 Å². The Morgan fingerprint density at radius 1 is 1.17 bits per heavy atom. The Kier molecular flexibility index (Phi) is 7.91. The molecule has 0 spiro atoms. The highest BCUT2D eigenvalue weighted by molar-refractivity contribution is 7.99. The Bertz CT molecular complexity index is 1060. The van der Waals surface area contributed by atoms with Gasteiger partial charge in [0.15, 0.2) is 6.04 Å². The van der Waals surface area contributed by atoms with E-state index in [1.165, 1.54) is 36.0 Å². The highest BCUT2D eigenvalue weighted by atomic mass is 35.5. The number of halogens is 4. The van der Waals surface area contributed by atoms with Gasteiger partial charge >= 0.3 is 6.18 Å². The molecule has 1 aromatic carbocycles. The van der Waals surface area contributed by atoms with E-state index in [0.717, 1.165) is 34.3 Å². The number of amides is 1. The molecule has 4 rings (SSSR count). The third kappa shape index (κ3) is 5.74. The summed E-state index contributed by atoms with van der Waals surface area (Å²) in [6.45, 7) is 4.24. The average Bonchev–Trinajstić information content (AvgIpc) is 3.21. The third-order valence-corrected chi connectivity index (χ3v) is 8.33. The lowest BCUT2D eigenvalue weighted by Gasteiger charge is -2.33. The Labute approximate surface area is 214 Å². The summed E-state index contributed by atoms with van der Waals surface area (Å²) in [6, 6.07) is 5.04. The van der Waals surface area contributed by atoms with Crippen molar-refractivity contribution in [1.82, 2.24) is 9.88 Å². The van der Waals surface area contributed by atoms with Crippen molar-refractivity contribution in [2.75, 3.05) is 23.9 Å². The summed E-state index contributed by atoms with van der Waals surface area (Å²) < 4.78 is 42.1. The van der Waals surface area contributed by atoms with Crippen LogP contribution in [0.25, 0.3) is 0 Å². The highest BCUT2D eigenvalue weighted by Gasteiger charge is 2.47. The van der Waals surface area contributed by atoms with Crippen LogP contribution in [0.1, 0.15) is 61.0 Å². The SMILES string of the molecule is CC(C)c1c(Cl)ccc2c1CC(Nc1ccc(C(N(C)C(=O)C3CCSCC3)C(F)(F)F)nc1)C2. The molecule has 190 valence electrons. The maximum Gasteiger partial charge on any atom is 0.414 e. The monoisotopic (exact) mass is 525 g/mol. The standard InChI is InChI=1S/C26H31ClF3N3OS/c1-15(2)23-20-13-19(12-17(20)4-6-21(23)27)32-18-5-7-22(31-14-18)24(26(28,29)30)33(3)25(34)16-8-10-35-11-9-16/h4-7,14-16,19,24,32H,8-13H2,1-3H3. The largest absolute Gasteiger partial charge is 0.414 e. The molecule has 2 aliphatic rings. The van der Waals surface area contributed by atoms with E-state index in [2.05, 4.69) is 30.2 Å². The molecule has 0 radical (unpaired) electrons. The second-order valence-electron chi connectivity index (χ2n) is 9.75. The minimum atomic E-state index is -4.62. The Balaban J connectivity index is 1.48. The molecule has 2 heterocycles. The molecule has 1 N–H and O–H groups in total. The summed E-state index contributed by atoms with van der Waals surface area (Å²) in [5, 5.41) is 4.18. The van der Waals surface area contributed by atoms with Crippen LogP contribution in [-0.4, -0.2) is 46.6 Å². The highest BCUT2D eigenvalue weighted by Crippen LogP contribution is 2.39. The predicted octanol–water partition coefficient (Wildman–Crippen LogP) is 6.64. The van der Waals surface area contributed by atoms with Gasteiger partial charge in [0.25, 0.3) is 0 Å². The van der Waals surface area contributed by atoms with E-state index in [1.807, 2.05) is 6.07 Å². The first-order chi connectivity index (χ1) is 16.6. The smallest absolute Gasteiger partial charge is 0.380 e. The summed E-state index contributed by atoms with van der Waals surface area (Å²) in [5.41, 5.74) is 4.15. The van der Waals surface area contributed by atoms with Crippen LogP contribution in [0, 0.1) is 5.92 Å². The second kappa shape index (κ2) is 10.6. The molecule has 1 saturated heterocycles. The number of thioether (sulfide) groups is 1. The van der Waals surface area contributed by atoms with Crippen molar-refractivity contribution >= 4 is 35.0 Å². The molecule has 2 atom stereocenters. The number of pyridine rings is 1. The first-order valence-corrected chi connectivity index (χ1v) is 13.5. The van der Waals surface area contributed by atoms with E-state index >= 15 is 0 Å². The van der Waals surface area contributed by atoms with Crippen molar-refractivity contribution in [2.24, 2.45) is 5.92 Å². The maximum atomic E-state index is 14.0. The third-order valence-electron chi connectivity index (χ3n) is 6.95. The van der Waals surface area contributed by atoms with E-state index < -0.39 is 18.1 Å². The fourth-order valence-corrected chi connectivity index (χ4v) is 6.76. The maximum absolute atomic E-state index is 14.0. The number of rotatable bonds is 6. The van der Waals surface area contributed by atoms with Crippen LogP contribution in [0.4, 0.5) is 18.9 Å². The number of hydrogen-bond acceptors (Lipinski definition) is 4. The van der Waals surface area contributed by atoms with Gasteiger partial charge in [-0.2, -0.15) is 24.9 Å². The Hall–Kier alpha value is -1.93. The van der Waals surface area contributed by atoms with Gasteiger partial charge in [0, 0.05) is 24.0 Å². The van der Waals surface area contributed by atoms with E-state index in [-0.39, 0.29) is 17.7 Å². The quantitative estimate of drug-likeness (QED) is 0.459. The number of aromatic nitrogens is 1. The van der Waals surface area contributed by atoms with Gasteiger partial charge in [-0.05, 0) is 78.0 Å². The summed E-state index contributed by atoms with van der Waals surface area (Å²) >= 11 is 8.17.